The second-order valence-corrected chi connectivity index (χ2v) is 9.52. The van der Waals surface area contributed by atoms with E-state index in [1.165, 1.54) is 0 Å². The largest absolute Gasteiger partial charge is 0.394 e. The maximum absolute atomic E-state index is 12.4. The zero-order valence-corrected chi connectivity index (χ0v) is 22.4. The van der Waals surface area contributed by atoms with E-state index >= 15 is 0 Å². The van der Waals surface area contributed by atoms with Gasteiger partial charge in [0, 0.05) is 32.6 Å². The van der Waals surface area contributed by atoms with Crippen LogP contribution in [0.2, 0.25) is 0 Å². The van der Waals surface area contributed by atoms with E-state index in [4.69, 9.17) is 14.2 Å². The van der Waals surface area contributed by atoms with E-state index in [-0.39, 0.29) is 18.6 Å². The standard InChI is InChI=1S/C19H35NO8.C4H10.C2H6/c1-12-17(24)18(25)15(10-21)28-19(12)27-7-5-3-4-6-16(23)20-9-14(22)8-13(20)11-26-2;1-4(2)3;1-2/h12-15,17-19,21-22,24-25H,3-11H2,1-2H3;4H,1-3H3;1-2H3/t12?,13-,14+,15?,17+,18-,19+;;/m0../s1. The molecule has 0 aliphatic carbocycles. The fourth-order valence-electron chi connectivity index (χ4n) is 3.86. The lowest BCUT2D eigenvalue weighted by molar-refractivity contribution is -0.282. The number of carbonyl (C=O) groups is 1. The molecule has 9 heteroatoms. The van der Waals surface area contributed by atoms with E-state index in [2.05, 4.69) is 20.8 Å². The minimum Gasteiger partial charge on any atom is -0.394 e. The van der Waals surface area contributed by atoms with Crippen molar-refractivity contribution in [3.8, 4) is 0 Å². The molecule has 4 N–H and O–H groups in total. The molecule has 0 aromatic rings. The summed E-state index contributed by atoms with van der Waals surface area (Å²) < 4.78 is 16.3. The summed E-state index contributed by atoms with van der Waals surface area (Å²) in [4.78, 5) is 14.1. The van der Waals surface area contributed by atoms with Crippen LogP contribution in [0.15, 0.2) is 0 Å². The average Bonchev–Trinajstić information content (AvgIpc) is 3.17. The second kappa shape index (κ2) is 18.5. The minimum absolute atomic E-state index is 0.0339. The molecule has 2 aliphatic heterocycles. The molecule has 1 amide bonds. The molecule has 9 nitrogen and oxygen atoms in total. The number of aliphatic hydroxyl groups excluding tert-OH is 4. The number of methoxy groups -OCH3 is 1. The number of unbranched alkanes of at least 4 members (excludes halogenated alkanes) is 2. The summed E-state index contributed by atoms with van der Waals surface area (Å²) in [5.41, 5.74) is 0. The van der Waals surface area contributed by atoms with E-state index in [1.807, 2.05) is 13.8 Å². The monoisotopic (exact) mass is 493 g/mol. The molecule has 0 spiro atoms. The van der Waals surface area contributed by atoms with Gasteiger partial charge in [0.1, 0.15) is 12.2 Å². The summed E-state index contributed by atoms with van der Waals surface area (Å²) >= 11 is 0. The lowest BCUT2D eigenvalue weighted by Crippen LogP contribution is -2.55. The number of carbonyl (C=O) groups excluding carboxylic acids is 1. The highest BCUT2D eigenvalue weighted by atomic mass is 16.7. The van der Waals surface area contributed by atoms with Gasteiger partial charge in [0.15, 0.2) is 6.29 Å². The lowest BCUT2D eigenvalue weighted by atomic mass is 9.92. The highest BCUT2D eigenvalue weighted by Gasteiger charge is 2.42. The van der Waals surface area contributed by atoms with Crippen LogP contribution in [0.3, 0.4) is 0 Å². The molecule has 0 bridgehead atoms. The fraction of sp³-hybridized carbons (Fsp3) is 0.960. The van der Waals surface area contributed by atoms with Crippen molar-refractivity contribution in [2.75, 3.05) is 33.5 Å². The zero-order valence-electron chi connectivity index (χ0n) is 22.4. The highest BCUT2D eigenvalue weighted by Crippen LogP contribution is 2.27. The van der Waals surface area contributed by atoms with Crippen LogP contribution in [0.5, 0.6) is 0 Å². The van der Waals surface area contributed by atoms with Crippen molar-refractivity contribution < 1.29 is 39.4 Å². The van der Waals surface area contributed by atoms with Crippen molar-refractivity contribution in [3.05, 3.63) is 0 Å². The molecule has 34 heavy (non-hydrogen) atoms. The summed E-state index contributed by atoms with van der Waals surface area (Å²) in [5, 5.41) is 38.8. The van der Waals surface area contributed by atoms with Crippen LogP contribution < -0.4 is 0 Å². The number of hydrogen-bond acceptors (Lipinski definition) is 8. The Hall–Kier alpha value is -0.810. The zero-order chi connectivity index (χ0) is 26.3. The maximum Gasteiger partial charge on any atom is 0.222 e. The van der Waals surface area contributed by atoms with Crippen LogP contribution in [-0.4, -0.2) is 101 Å². The minimum atomic E-state index is -1.13. The molecule has 2 aliphatic rings. The number of amides is 1. The topological polar surface area (TPSA) is 129 Å². The number of hydrogen-bond donors (Lipinski definition) is 4. The van der Waals surface area contributed by atoms with E-state index < -0.39 is 36.6 Å². The molecule has 7 atom stereocenters. The number of rotatable bonds is 10. The molecule has 2 heterocycles. The van der Waals surface area contributed by atoms with Gasteiger partial charge in [-0.15, -0.1) is 0 Å². The summed E-state index contributed by atoms with van der Waals surface area (Å²) in [7, 11) is 1.59. The predicted molar refractivity (Wildman–Crippen MR) is 131 cm³/mol. The van der Waals surface area contributed by atoms with Gasteiger partial charge >= 0.3 is 0 Å². The first kappa shape index (κ1) is 33.2. The van der Waals surface area contributed by atoms with Crippen molar-refractivity contribution in [2.24, 2.45) is 11.8 Å². The quantitative estimate of drug-likeness (QED) is 0.340. The van der Waals surface area contributed by atoms with Crippen molar-refractivity contribution in [1.29, 1.82) is 0 Å². The van der Waals surface area contributed by atoms with Gasteiger partial charge in [0.05, 0.1) is 31.5 Å². The third kappa shape index (κ3) is 11.7. The average molecular weight is 494 g/mol. The van der Waals surface area contributed by atoms with Crippen LogP contribution in [0, 0.1) is 11.8 Å². The predicted octanol–water partition coefficient (Wildman–Crippen LogP) is 1.94. The van der Waals surface area contributed by atoms with Crippen molar-refractivity contribution in [1.82, 2.24) is 4.90 Å². The first-order valence-electron chi connectivity index (χ1n) is 12.8. The summed E-state index contributed by atoms with van der Waals surface area (Å²) in [6.07, 6.45) is -0.936. The summed E-state index contributed by atoms with van der Waals surface area (Å²) in [6, 6.07) is -0.0537. The van der Waals surface area contributed by atoms with Gasteiger partial charge in [0.25, 0.3) is 0 Å². The molecule has 0 aromatic heterocycles. The summed E-state index contributed by atoms with van der Waals surface area (Å²) in [6.45, 7) is 13.0. The Morgan fingerprint density at radius 1 is 1.09 bits per heavy atom. The smallest absolute Gasteiger partial charge is 0.222 e. The van der Waals surface area contributed by atoms with Gasteiger partial charge in [-0.3, -0.25) is 4.79 Å². The normalized spacial score (nSPS) is 30.9. The Labute approximate surface area is 206 Å². The molecule has 2 rings (SSSR count). The Bertz CT molecular complexity index is 516. The molecule has 2 fully saturated rings. The van der Waals surface area contributed by atoms with Crippen LogP contribution in [0.1, 0.15) is 73.6 Å². The van der Waals surface area contributed by atoms with Gasteiger partial charge in [-0.1, -0.05) is 48.0 Å². The Morgan fingerprint density at radius 3 is 2.26 bits per heavy atom. The van der Waals surface area contributed by atoms with Gasteiger partial charge in [-0.25, -0.2) is 0 Å². The number of aliphatic hydroxyl groups is 4. The molecule has 0 radical (unpaired) electrons. The Balaban J connectivity index is 0.00000164. The fourth-order valence-corrected chi connectivity index (χ4v) is 3.86. The van der Waals surface area contributed by atoms with Crippen molar-refractivity contribution in [2.45, 2.75) is 110 Å². The first-order chi connectivity index (χ1) is 16.1. The highest BCUT2D eigenvalue weighted by molar-refractivity contribution is 5.76. The molecule has 2 saturated heterocycles. The molecular weight excluding hydrogens is 442 g/mol. The maximum atomic E-state index is 12.4. The number of ether oxygens (including phenoxy) is 3. The van der Waals surface area contributed by atoms with E-state index in [1.54, 1.807) is 18.9 Å². The molecule has 0 aromatic carbocycles. The third-order valence-electron chi connectivity index (χ3n) is 5.58. The molecule has 0 saturated carbocycles. The Morgan fingerprint density at radius 2 is 1.71 bits per heavy atom. The second-order valence-electron chi connectivity index (χ2n) is 9.52. The number of nitrogens with zero attached hydrogens (tertiary/aromatic N) is 1. The SMILES string of the molecule is CC.CC(C)C.COC[C@@H]1C[C@@H](O)CN1C(=O)CCCCCO[C@@H]1OC(CO)[C@H](O)[C@H](O)C1C. The molecular formula is C25H51NO8. The summed E-state index contributed by atoms with van der Waals surface area (Å²) in [5.74, 6) is 0.463. The van der Waals surface area contributed by atoms with Crippen molar-refractivity contribution in [3.63, 3.8) is 0 Å². The van der Waals surface area contributed by atoms with Gasteiger partial charge in [-0.2, -0.15) is 0 Å². The van der Waals surface area contributed by atoms with Gasteiger partial charge < -0.3 is 39.5 Å². The van der Waals surface area contributed by atoms with Crippen LogP contribution in [0.25, 0.3) is 0 Å². The van der Waals surface area contributed by atoms with Crippen LogP contribution in [0.4, 0.5) is 0 Å². The van der Waals surface area contributed by atoms with Gasteiger partial charge in [0.2, 0.25) is 5.91 Å². The van der Waals surface area contributed by atoms with Crippen molar-refractivity contribution >= 4 is 5.91 Å². The molecule has 2 unspecified atom stereocenters. The third-order valence-corrected chi connectivity index (χ3v) is 5.58. The van der Waals surface area contributed by atoms with Crippen LogP contribution >= 0.6 is 0 Å². The number of likely N-dealkylation sites (tertiary alicyclic amines) is 1. The van der Waals surface area contributed by atoms with E-state index in [0.29, 0.717) is 32.6 Å². The van der Waals surface area contributed by atoms with E-state index in [9.17, 15) is 25.2 Å². The van der Waals surface area contributed by atoms with E-state index in [0.717, 1.165) is 25.2 Å². The number of β-amino-alcohol motifs (C(OH)–C–C–N with tert-alkyl or cyclic N) is 1. The molecule has 204 valence electrons. The Kier molecular flexibility index (Phi) is 18.0. The van der Waals surface area contributed by atoms with Crippen LogP contribution in [-0.2, 0) is 19.0 Å². The first-order valence-corrected chi connectivity index (χ1v) is 12.8. The lowest BCUT2D eigenvalue weighted by Gasteiger charge is -2.40. The van der Waals surface area contributed by atoms with Gasteiger partial charge in [-0.05, 0) is 25.2 Å².